The second kappa shape index (κ2) is 11.5. The second-order valence-electron chi connectivity index (χ2n) is 11.5. The Morgan fingerprint density at radius 3 is 1.91 bits per heavy atom. The largest absolute Gasteiger partial charge is 0.456 e. The Morgan fingerprint density at radius 1 is 0.522 bits per heavy atom. The molecule has 0 unspecified atom stereocenters. The lowest BCUT2D eigenvalue weighted by Crippen LogP contribution is -2.05. The first-order chi connectivity index (χ1) is 22.6. The summed E-state index contributed by atoms with van der Waals surface area (Å²) >= 11 is 0. The van der Waals surface area contributed by atoms with Gasteiger partial charge >= 0.3 is 0 Å². The Hall–Kier alpha value is -6.06. The van der Waals surface area contributed by atoms with E-state index in [0.29, 0.717) is 11.5 Å². The maximum atomic E-state index is 6.45. The lowest BCUT2D eigenvalue weighted by molar-refractivity contribution is 0.669. The van der Waals surface area contributed by atoms with Crippen LogP contribution in [0.2, 0.25) is 0 Å². The van der Waals surface area contributed by atoms with Crippen LogP contribution in [0.5, 0.6) is 0 Å². The van der Waals surface area contributed by atoms with E-state index < -0.39 is 0 Å². The molecule has 0 amide bonds. The molecular formula is C43H30N2O. The summed E-state index contributed by atoms with van der Waals surface area (Å²) < 4.78 is 6.45. The van der Waals surface area contributed by atoms with Crippen LogP contribution < -0.4 is 0 Å². The molecule has 46 heavy (non-hydrogen) atoms. The van der Waals surface area contributed by atoms with Gasteiger partial charge in [0, 0.05) is 27.6 Å². The van der Waals surface area contributed by atoms with E-state index in [1.54, 1.807) is 0 Å². The molecule has 8 rings (SSSR count). The summed E-state index contributed by atoms with van der Waals surface area (Å²) in [6.07, 6.45) is 0. The van der Waals surface area contributed by atoms with E-state index in [1.807, 2.05) is 55.5 Å². The highest BCUT2D eigenvalue weighted by atomic mass is 16.3. The highest BCUT2D eigenvalue weighted by molar-refractivity contribution is 6.24. The molecular weight excluding hydrogens is 560 g/mol. The lowest BCUT2D eigenvalue weighted by atomic mass is 9.95. The topological polar surface area (TPSA) is 37.9 Å². The average molecular weight is 591 g/mol. The van der Waals surface area contributed by atoms with Crippen molar-refractivity contribution in [3.63, 3.8) is 0 Å². The van der Waals surface area contributed by atoms with Gasteiger partial charge in [-0.3, -0.25) is 0 Å². The molecule has 0 N–H and O–H groups in total. The van der Waals surface area contributed by atoms with E-state index in [4.69, 9.17) is 14.4 Å². The van der Waals surface area contributed by atoms with Crippen LogP contribution in [0.15, 0.2) is 173 Å². The van der Waals surface area contributed by atoms with E-state index in [1.165, 1.54) is 16.2 Å². The quantitative estimate of drug-likeness (QED) is 0.145. The average Bonchev–Trinajstić information content (AvgIpc) is 3.50. The van der Waals surface area contributed by atoms with E-state index >= 15 is 0 Å². The van der Waals surface area contributed by atoms with Crippen LogP contribution in [0, 0.1) is 0 Å². The molecule has 1 aromatic heterocycles. The molecule has 0 radical (unpaired) electrons. The SMILES string of the molecule is C=C(N=C(N=C(C)c1cccc2oc3cccc(-c4ccc5ccccc5c4)c3c12)c1ccc2ccccc2c1)c1ccccc1. The third-order valence-corrected chi connectivity index (χ3v) is 8.60. The second-order valence-corrected chi connectivity index (χ2v) is 11.5. The third kappa shape index (κ3) is 4.98. The van der Waals surface area contributed by atoms with Crippen LogP contribution >= 0.6 is 0 Å². The number of benzene rings is 7. The maximum absolute atomic E-state index is 6.45. The molecule has 0 bridgehead atoms. The van der Waals surface area contributed by atoms with Crippen LogP contribution in [0.3, 0.4) is 0 Å². The summed E-state index contributed by atoms with van der Waals surface area (Å²) in [5, 5.41) is 6.85. The smallest absolute Gasteiger partial charge is 0.160 e. The molecule has 0 aliphatic rings. The molecule has 0 aliphatic carbocycles. The van der Waals surface area contributed by atoms with Crippen molar-refractivity contribution in [2.45, 2.75) is 6.92 Å². The lowest BCUT2D eigenvalue weighted by Gasteiger charge is -2.10. The van der Waals surface area contributed by atoms with Crippen molar-refractivity contribution in [2.75, 3.05) is 0 Å². The summed E-state index contributed by atoms with van der Waals surface area (Å²) in [6.45, 7) is 6.36. The van der Waals surface area contributed by atoms with Crippen LogP contribution in [-0.2, 0) is 0 Å². The van der Waals surface area contributed by atoms with E-state index in [-0.39, 0.29) is 0 Å². The highest BCUT2D eigenvalue weighted by Gasteiger charge is 2.18. The zero-order valence-corrected chi connectivity index (χ0v) is 25.4. The number of amidine groups is 1. The molecule has 0 aliphatic heterocycles. The van der Waals surface area contributed by atoms with Crippen LogP contribution in [0.4, 0.5) is 0 Å². The van der Waals surface area contributed by atoms with Gasteiger partial charge < -0.3 is 4.42 Å². The molecule has 0 saturated heterocycles. The molecule has 0 atom stereocenters. The fourth-order valence-corrected chi connectivity index (χ4v) is 6.29. The van der Waals surface area contributed by atoms with Crippen molar-refractivity contribution in [3.05, 3.63) is 175 Å². The molecule has 3 heteroatoms. The van der Waals surface area contributed by atoms with Crippen molar-refractivity contribution < 1.29 is 4.42 Å². The summed E-state index contributed by atoms with van der Waals surface area (Å²) in [5.41, 5.74) is 8.34. The Morgan fingerprint density at radius 2 is 1.15 bits per heavy atom. The Kier molecular flexibility index (Phi) is 6.85. The molecule has 3 nitrogen and oxygen atoms in total. The molecule has 0 fully saturated rings. The minimum atomic E-state index is 0.608. The molecule has 7 aromatic carbocycles. The monoisotopic (exact) mass is 590 g/mol. The van der Waals surface area contributed by atoms with E-state index in [2.05, 4.69) is 110 Å². The third-order valence-electron chi connectivity index (χ3n) is 8.60. The van der Waals surface area contributed by atoms with Crippen molar-refractivity contribution in [3.8, 4) is 11.1 Å². The number of fused-ring (bicyclic) bond motifs is 5. The minimum absolute atomic E-state index is 0.608. The summed E-state index contributed by atoms with van der Waals surface area (Å²) in [5.74, 6) is 0.608. The van der Waals surface area contributed by atoms with Crippen LogP contribution in [0.1, 0.15) is 23.6 Å². The number of nitrogens with zero attached hydrogens (tertiary/aromatic N) is 2. The van der Waals surface area contributed by atoms with Crippen molar-refractivity contribution in [1.29, 1.82) is 0 Å². The van der Waals surface area contributed by atoms with Crippen molar-refractivity contribution in [2.24, 2.45) is 9.98 Å². The number of hydrogen-bond donors (Lipinski definition) is 0. The van der Waals surface area contributed by atoms with Crippen molar-refractivity contribution >= 4 is 60.7 Å². The summed E-state index contributed by atoms with van der Waals surface area (Å²) in [7, 11) is 0. The Bertz CT molecular complexity index is 2500. The molecule has 0 spiro atoms. The van der Waals surface area contributed by atoms with Crippen LogP contribution in [-0.4, -0.2) is 11.5 Å². The van der Waals surface area contributed by atoms with E-state index in [9.17, 15) is 0 Å². The van der Waals surface area contributed by atoms with Gasteiger partial charge in [-0.15, -0.1) is 0 Å². The van der Waals surface area contributed by atoms with Crippen molar-refractivity contribution in [1.82, 2.24) is 0 Å². The van der Waals surface area contributed by atoms with Gasteiger partial charge in [0.25, 0.3) is 0 Å². The van der Waals surface area contributed by atoms with Gasteiger partial charge in [0.1, 0.15) is 11.2 Å². The van der Waals surface area contributed by atoms with Gasteiger partial charge in [0.05, 0.1) is 5.70 Å². The van der Waals surface area contributed by atoms with Gasteiger partial charge in [-0.2, -0.15) is 0 Å². The number of rotatable bonds is 5. The zero-order chi connectivity index (χ0) is 31.0. The number of aliphatic imine (C=N–C) groups is 2. The fraction of sp³-hybridized carbons (Fsp3) is 0.0233. The van der Waals surface area contributed by atoms with Gasteiger partial charge in [0.2, 0.25) is 0 Å². The Labute approximate surface area is 267 Å². The van der Waals surface area contributed by atoms with Gasteiger partial charge in [-0.1, -0.05) is 134 Å². The highest BCUT2D eigenvalue weighted by Crippen LogP contribution is 2.39. The number of furan rings is 1. The molecule has 218 valence electrons. The first-order valence-corrected chi connectivity index (χ1v) is 15.4. The molecule has 8 aromatic rings. The first kappa shape index (κ1) is 27.5. The minimum Gasteiger partial charge on any atom is -0.456 e. The standard InChI is InChI=1S/C43H30N2O/c1-28(30-12-4-3-5-13-30)44-43(36-25-23-32-15-7-9-17-34(32)27-36)45-29(2)37-18-10-20-39-41(37)42-38(19-11-21-40(42)46-39)35-24-22-31-14-6-8-16-33(31)26-35/h3-27H,1H2,2H3. The van der Waals surface area contributed by atoms with Crippen LogP contribution in [0.25, 0.3) is 60.3 Å². The first-order valence-electron chi connectivity index (χ1n) is 15.4. The predicted octanol–water partition coefficient (Wildman–Crippen LogP) is 11.5. The van der Waals surface area contributed by atoms with Gasteiger partial charge in [0.15, 0.2) is 5.84 Å². The predicted molar refractivity (Wildman–Crippen MR) is 195 cm³/mol. The fourth-order valence-electron chi connectivity index (χ4n) is 6.29. The Balaban J connectivity index is 1.32. The zero-order valence-electron chi connectivity index (χ0n) is 25.4. The summed E-state index contributed by atoms with van der Waals surface area (Å²) in [4.78, 5) is 10.3. The normalized spacial score (nSPS) is 12.4. The molecule has 1 heterocycles. The maximum Gasteiger partial charge on any atom is 0.160 e. The molecule has 0 saturated carbocycles. The summed E-state index contributed by atoms with van der Waals surface area (Å²) in [6, 6.07) is 52.3. The van der Waals surface area contributed by atoms with Gasteiger partial charge in [-0.05, 0) is 69.4 Å². The number of hydrogen-bond acceptors (Lipinski definition) is 2. The van der Waals surface area contributed by atoms with E-state index in [0.717, 1.165) is 60.9 Å². The van der Waals surface area contributed by atoms with Gasteiger partial charge in [-0.25, -0.2) is 9.98 Å².